The van der Waals surface area contributed by atoms with Gasteiger partial charge >= 0.3 is 0 Å². The molecule has 0 saturated carbocycles. The van der Waals surface area contributed by atoms with Crippen molar-refractivity contribution in [2.45, 2.75) is 33.1 Å². The van der Waals surface area contributed by atoms with E-state index in [0.717, 1.165) is 44.7 Å². The summed E-state index contributed by atoms with van der Waals surface area (Å²) >= 11 is 0. The highest BCUT2D eigenvalue weighted by atomic mass is 16.2. The van der Waals surface area contributed by atoms with Gasteiger partial charge in [-0.2, -0.15) is 0 Å². The quantitative estimate of drug-likeness (QED) is 0.838. The Labute approximate surface area is 128 Å². The van der Waals surface area contributed by atoms with Crippen molar-refractivity contribution < 1.29 is 4.79 Å². The molecule has 1 amide bonds. The van der Waals surface area contributed by atoms with Crippen molar-refractivity contribution in [3.8, 4) is 0 Å². The maximum atomic E-state index is 11.9. The molecule has 116 valence electrons. The summed E-state index contributed by atoms with van der Waals surface area (Å²) in [4.78, 5) is 16.2. The fourth-order valence-electron chi connectivity index (χ4n) is 2.82. The number of hydrogen-bond donors (Lipinski definition) is 1. The molecule has 0 aliphatic carbocycles. The lowest BCUT2D eigenvalue weighted by Gasteiger charge is -2.21. The summed E-state index contributed by atoms with van der Waals surface area (Å²) in [5.74, 6) is 0.278. The molecule has 0 radical (unpaired) electrons. The van der Waals surface area contributed by atoms with Crippen molar-refractivity contribution in [1.82, 2.24) is 4.90 Å². The van der Waals surface area contributed by atoms with Gasteiger partial charge in [-0.15, -0.1) is 0 Å². The van der Waals surface area contributed by atoms with Crippen molar-refractivity contribution in [2.24, 2.45) is 0 Å². The normalized spacial score (nSPS) is 14.3. The van der Waals surface area contributed by atoms with Crippen LogP contribution in [0.3, 0.4) is 0 Å². The predicted octanol–water partition coefficient (Wildman–Crippen LogP) is 2.96. The minimum atomic E-state index is 0.278. The largest absolute Gasteiger partial charge is 0.385 e. The van der Waals surface area contributed by atoms with Crippen LogP contribution in [0.2, 0.25) is 0 Å². The first-order valence-corrected chi connectivity index (χ1v) is 8.11. The Bertz CT molecular complexity index is 434. The zero-order valence-electron chi connectivity index (χ0n) is 13.3. The van der Waals surface area contributed by atoms with Crippen LogP contribution < -0.4 is 10.2 Å². The number of amides is 1. The van der Waals surface area contributed by atoms with E-state index in [9.17, 15) is 4.79 Å². The third-order valence-electron chi connectivity index (χ3n) is 4.12. The van der Waals surface area contributed by atoms with E-state index < -0.39 is 0 Å². The number of nitrogens with zero attached hydrogens (tertiary/aromatic N) is 2. The van der Waals surface area contributed by atoms with Crippen LogP contribution in [0.5, 0.6) is 0 Å². The van der Waals surface area contributed by atoms with E-state index in [1.807, 2.05) is 4.90 Å². The zero-order chi connectivity index (χ0) is 15.1. The molecule has 1 aliphatic heterocycles. The van der Waals surface area contributed by atoms with Crippen LogP contribution in [0, 0.1) is 0 Å². The van der Waals surface area contributed by atoms with Gasteiger partial charge < -0.3 is 15.1 Å². The van der Waals surface area contributed by atoms with Crippen LogP contribution in [-0.4, -0.2) is 43.5 Å². The summed E-state index contributed by atoms with van der Waals surface area (Å²) in [5, 5.41) is 3.34. The van der Waals surface area contributed by atoms with E-state index >= 15 is 0 Å². The summed E-state index contributed by atoms with van der Waals surface area (Å²) in [6.07, 6.45) is 2.90. The Hall–Kier alpha value is -1.71. The van der Waals surface area contributed by atoms with Crippen molar-refractivity contribution >= 4 is 17.3 Å². The molecule has 1 N–H and O–H groups in total. The third-order valence-corrected chi connectivity index (χ3v) is 4.12. The lowest BCUT2D eigenvalue weighted by molar-refractivity contribution is -0.129. The zero-order valence-corrected chi connectivity index (χ0v) is 13.3. The average Bonchev–Trinajstić information content (AvgIpc) is 3.04. The molecule has 1 aromatic carbocycles. The molecule has 4 heteroatoms. The van der Waals surface area contributed by atoms with Crippen LogP contribution in [0.25, 0.3) is 0 Å². The summed E-state index contributed by atoms with van der Waals surface area (Å²) in [6.45, 7) is 8.97. The topological polar surface area (TPSA) is 35.6 Å². The number of carbonyl (C=O) groups excluding carboxylic acids is 1. The van der Waals surface area contributed by atoms with Crippen LogP contribution >= 0.6 is 0 Å². The van der Waals surface area contributed by atoms with E-state index in [1.54, 1.807) is 0 Å². The maximum absolute atomic E-state index is 11.9. The SMILES string of the molecule is CCN(CC)c1ccc(NCCC(=O)N2CCCC2)cc1. The minimum absolute atomic E-state index is 0.278. The summed E-state index contributed by atoms with van der Waals surface area (Å²) in [5.41, 5.74) is 2.33. The molecule has 21 heavy (non-hydrogen) atoms. The molecule has 1 saturated heterocycles. The van der Waals surface area contributed by atoms with Crippen LogP contribution in [-0.2, 0) is 4.79 Å². The Morgan fingerprint density at radius 1 is 1.14 bits per heavy atom. The standard InChI is InChI=1S/C17H27N3O/c1-3-19(4-2)16-9-7-15(8-10-16)18-12-11-17(21)20-13-5-6-14-20/h7-10,18H,3-6,11-14H2,1-2H3. The van der Waals surface area contributed by atoms with Crippen molar-refractivity contribution in [3.05, 3.63) is 24.3 Å². The number of likely N-dealkylation sites (tertiary alicyclic amines) is 1. The third kappa shape index (κ3) is 4.38. The average molecular weight is 289 g/mol. The van der Waals surface area contributed by atoms with Crippen LogP contribution in [0.15, 0.2) is 24.3 Å². The van der Waals surface area contributed by atoms with E-state index in [0.29, 0.717) is 13.0 Å². The van der Waals surface area contributed by atoms with Gasteiger partial charge in [0.25, 0.3) is 0 Å². The first-order chi connectivity index (χ1) is 10.2. The molecular weight excluding hydrogens is 262 g/mol. The minimum Gasteiger partial charge on any atom is -0.385 e. The van der Waals surface area contributed by atoms with Gasteiger partial charge in [0.1, 0.15) is 0 Å². The van der Waals surface area contributed by atoms with Crippen LogP contribution in [0.1, 0.15) is 33.1 Å². The molecule has 0 aromatic heterocycles. The Balaban J connectivity index is 1.76. The predicted molar refractivity (Wildman–Crippen MR) is 88.9 cm³/mol. The number of rotatable bonds is 7. The summed E-state index contributed by atoms with van der Waals surface area (Å²) in [6, 6.07) is 8.46. The number of nitrogens with one attached hydrogen (secondary N) is 1. The maximum Gasteiger partial charge on any atom is 0.224 e. The first kappa shape index (κ1) is 15.7. The molecular formula is C17H27N3O. The van der Waals surface area contributed by atoms with Gasteiger partial charge in [-0.1, -0.05) is 0 Å². The van der Waals surface area contributed by atoms with Gasteiger partial charge in [0.2, 0.25) is 5.91 Å². The van der Waals surface area contributed by atoms with E-state index in [1.165, 1.54) is 5.69 Å². The monoisotopic (exact) mass is 289 g/mol. The molecule has 0 unspecified atom stereocenters. The second-order valence-electron chi connectivity index (χ2n) is 5.48. The molecule has 1 fully saturated rings. The van der Waals surface area contributed by atoms with Crippen LogP contribution in [0.4, 0.5) is 11.4 Å². The number of carbonyl (C=O) groups is 1. The smallest absolute Gasteiger partial charge is 0.224 e. The molecule has 0 atom stereocenters. The fourth-order valence-corrected chi connectivity index (χ4v) is 2.82. The van der Waals surface area contributed by atoms with Gasteiger partial charge in [-0.25, -0.2) is 0 Å². The second kappa shape index (κ2) is 7.91. The Morgan fingerprint density at radius 3 is 2.33 bits per heavy atom. The molecule has 0 bridgehead atoms. The second-order valence-corrected chi connectivity index (χ2v) is 5.48. The number of benzene rings is 1. The van der Waals surface area contributed by atoms with Gasteiger partial charge in [0, 0.05) is 50.5 Å². The summed E-state index contributed by atoms with van der Waals surface area (Å²) in [7, 11) is 0. The lowest BCUT2D eigenvalue weighted by atomic mass is 10.2. The highest BCUT2D eigenvalue weighted by Gasteiger charge is 2.16. The van der Waals surface area contributed by atoms with Gasteiger partial charge in [-0.05, 0) is 51.0 Å². The lowest BCUT2D eigenvalue weighted by Crippen LogP contribution is -2.29. The molecule has 1 heterocycles. The highest BCUT2D eigenvalue weighted by Crippen LogP contribution is 2.17. The molecule has 4 nitrogen and oxygen atoms in total. The number of anilines is 2. The molecule has 0 spiro atoms. The van der Waals surface area contributed by atoms with E-state index in [-0.39, 0.29) is 5.91 Å². The van der Waals surface area contributed by atoms with Gasteiger partial charge in [-0.3, -0.25) is 4.79 Å². The highest BCUT2D eigenvalue weighted by molar-refractivity contribution is 5.77. The van der Waals surface area contributed by atoms with E-state index in [4.69, 9.17) is 0 Å². The molecule has 2 rings (SSSR count). The van der Waals surface area contributed by atoms with Gasteiger partial charge in [0.15, 0.2) is 0 Å². The molecule has 1 aromatic rings. The van der Waals surface area contributed by atoms with E-state index in [2.05, 4.69) is 48.3 Å². The molecule has 1 aliphatic rings. The van der Waals surface area contributed by atoms with Gasteiger partial charge in [0.05, 0.1) is 0 Å². The fraction of sp³-hybridized carbons (Fsp3) is 0.588. The van der Waals surface area contributed by atoms with Crippen molar-refractivity contribution in [2.75, 3.05) is 42.9 Å². The van der Waals surface area contributed by atoms with Crippen molar-refractivity contribution in [3.63, 3.8) is 0 Å². The first-order valence-electron chi connectivity index (χ1n) is 8.11. The summed E-state index contributed by atoms with van der Waals surface area (Å²) < 4.78 is 0. The Kier molecular flexibility index (Phi) is 5.90. The van der Waals surface area contributed by atoms with Crippen molar-refractivity contribution in [1.29, 1.82) is 0 Å². The number of hydrogen-bond acceptors (Lipinski definition) is 3. The Morgan fingerprint density at radius 2 is 1.76 bits per heavy atom.